The molecular formula is C20H19NO2S. The van der Waals surface area contributed by atoms with Gasteiger partial charge in [0.15, 0.2) is 0 Å². The summed E-state index contributed by atoms with van der Waals surface area (Å²) >= 11 is 1.79. The SMILES string of the molecule is CCc1oc2ccccc2c1/C=C/C(=O)N1CCc2sccc2C1. The molecule has 2 aromatic heterocycles. The van der Waals surface area contributed by atoms with Gasteiger partial charge in [0.25, 0.3) is 0 Å². The van der Waals surface area contributed by atoms with Crippen LogP contribution in [0.25, 0.3) is 17.0 Å². The Morgan fingerprint density at radius 1 is 1.33 bits per heavy atom. The number of benzene rings is 1. The molecule has 0 aliphatic carbocycles. The smallest absolute Gasteiger partial charge is 0.246 e. The first-order chi connectivity index (χ1) is 11.8. The van der Waals surface area contributed by atoms with Gasteiger partial charge in [0.2, 0.25) is 5.91 Å². The summed E-state index contributed by atoms with van der Waals surface area (Å²) in [5, 5.41) is 3.18. The van der Waals surface area contributed by atoms with E-state index in [-0.39, 0.29) is 5.91 Å². The molecule has 122 valence electrons. The molecule has 1 aromatic carbocycles. The van der Waals surface area contributed by atoms with E-state index in [9.17, 15) is 4.79 Å². The van der Waals surface area contributed by atoms with Gasteiger partial charge in [0, 0.05) is 41.4 Å². The zero-order valence-electron chi connectivity index (χ0n) is 13.6. The first-order valence-electron chi connectivity index (χ1n) is 8.29. The zero-order chi connectivity index (χ0) is 16.5. The molecule has 4 heteroatoms. The highest BCUT2D eigenvalue weighted by Crippen LogP contribution is 2.28. The normalized spacial score (nSPS) is 14.5. The van der Waals surface area contributed by atoms with Gasteiger partial charge in [0.1, 0.15) is 11.3 Å². The second-order valence-electron chi connectivity index (χ2n) is 6.00. The molecule has 0 bridgehead atoms. The van der Waals surface area contributed by atoms with Gasteiger partial charge in [-0.25, -0.2) is 0 Å². The molecule has 3 nitrogen and oxygen atoms in total. The van der Waals surface area contributed by atoms with Crippen molar-refractivity contribution in [2.45, 2.75) is 26.3 Å². The van der Waals surface area contributed by atoms with E-state index in [2.05, 4.69) is 18.4 Å². The van der Waals surface area contributed by atoms with E-state index in [4.69, 9.17) is 4.42 Å². The van der Waals surface area contributed by atoms with Gasteiger partial charge >= 0.3 is 0 Å². The molecule has 0 saturated heterocycles. The lowest BCUT2D eigenvalue weighted by Gasteiger charge is -2.25. The van der Waals surface area contributed by atoms with E-state index in [1.165, 1.54) is 10.4 Å². The Labute approximate surface area is 145 Å². The Morgan fingerprint density at radius 2 is 2.21 bits per heavy atom. The number of para-hydroxylation sites is 1. The quantitative estimate of drug-likeness (QED) is 0.652. The maximum absolute atomic E-state index is 12.6. The lowest BCUT2D eigenvalue weighted by atomic mass is 10.1. The van der Waals surface area contributed by atoms with Crippen molar-refractivity contribution >= 4 is 34.3 Å². The molecule has 4 rings (SSSR count). The minimum absolute atomic E-state index is 0.0687. The van der Waals surface area contributed by atoms with Gasteiger partial charge in [-0.2, -0.15) is 0 Å². The lowest BCUT2D eigenvalue weighted by molar-refractivity contribution is -0.126. The number of rotatable bonds is 3. The molecule has 0 N–H and O–H groups in total. The minimum Gasteiger partial charge on any atom is -0.460 e. The fourth-order valence-corrected chi connectivity index (χ4v) is 4.15. The highest BCUT2D eigenvalue weighted by molar-refractivity contribution is 7.10. The largest absolute Gasteiger partial charge is 0.460 e. The lowest BCUT2D eigenvalue weighted by Crippen LogP contribution is -2.34. The van der Waals surface area contributed by atoms with Crippen molar-refractivity contribution in [1.29, 1.82) is 0 Å². The third-order valence-electron chi connectivity index (χ3n) is 4.54. The van der Waals surface area contributed by atoms with Crippen LogP contribution in [0.15, 0.2) is 46.2 Å². The summed E-state index contributed by atoms with van der Waals surface area (Å²) in [6, 6.07) is 10.1. The van der Waals surface area contributed by atoms with Gasteiger partial charge in [-0.15, -0.1) is 11.3 Å². The molecule has 1 amide bonds. The van der Waals surface area contributed by atoms with Crippen LogP contribution in [0.4, 0.5) is 0 Å². The Balaban J connectivity index is 1.58. The molecule has 0 radical (unpaired) electrons. The summed E-state index contributed by atoms with van der Waals surface area (Å²) < 4.78 is 5.89. The molecule has 0 saturated carbocycles. The van der Waals surface area contributed by atoms with E-state index in [0.29, 0.717) is 0 Å². The van der Waals surface area contributed by atoms with Crippen LogP contribution in [0.1, 0.15) is 28.7 Å². The monoisotopic (exact) mass is 337 g/mol. The topological polar surface area (TPSA) is 33.5 Å². The van der Waals surface area contributed by atoms with Crippen LogP contribution in [0.5, 0.6) is 0 Å². The Hall–Kier alpha value is -2.33. The maximum atomic E-state index is 12.6. The van der Waals surface area contributed by atoms with Crippen LogP contribution in [-0.4, -0.2) is 17.4 Å². The van der Waals surface area contributed by atoms with Crippen LogP contribution in [0, 0.1) is 0 Å². The summed E-state index contributed by atoms with van der Waals surface area (Å²) in [4.78, 5) is 15.9. The summed E-state index contributed by atoms with van der Waals surface area (Å²) in [7, 11) is 0. The van der Waals surface area contributed by atoms with Crippen molar-refractivity contribution in [1.82, 2.24) is 4.90 Å². The van der Waals surface area contributed by atoms with Gasteiger partial charge < -0.3 is 9.32 Å². The first kappa shape index (κ1) is 15.2. The van der Waals surface area contributed by atoms with Crippen LogP contribution < -0.4 is 0 Å². The number of hydrogen-bond acceptors (Lipinski definition) is 3. The molecule has 3 aromatic rings. The van der Waals surface area contributed by atoms with E-state index in [1.54, 1.807) is 17.4 Å². The number of thiophene rings is 1. The molecule has 24 heavy (non-hydrogen) atoms. The number of hydrogen-bond donors (Lipinski definition) is 0. The summed E-state index contributed by atoms with van der Waals surface area (Å²) in [6.45, 7) is 3.58. The van der Waals surface area contributed by atoms with Crippen molar-refractivity contribution in [2.75, 3.05) is 6.54 Å². The van der Waals surface area contributed by atoms with Gasteiger partial charge in [-0.05, 0) is 35.6 Å². The standard InChI is InChI=1S/C20H19NO2S/c1-2-17-16(15-5-3-4-6-18(15)23-17)7-8-20(22)21-11-9-19-14(13-21)10-12-24-19/h3-8,10,12H,2,9,11,13H2,1H3/b8-7+. The fraction of sp³-hybridized carbons (Fsp3) is 0.250. The summed E-state index contributed by atoms with van der Waals surface area (Å²) in [5.74, 6) is 0.998. The number of carbonyl (C=O) groups is 1. The van der Waals surface area contributed by atoms with Crippen LogP contribution in [-0.2, 0) is 24.2 Å². The second kappa shape index (κ2) is 6.29. The average Bonchev–Trinajstić information content (AvgIpc) is 3.22. The molecule has 1 aliphatic heterocycles. The number of nitrogens with zero attached hydrogens (tertiary/aromatic N) is 1. The van der Waals surface area contributed by atoms with Crippen LogP contribution in [0.3, 0.4) is 0 Å². The number of aryl methyl sites for hydroxylation is 1. The second-order valence-corrected chi connectivity index (χ2v) is 7.00. The molecule has 0 unspecified atom stereocenters. The third-order valence-corrected chi connectivity index (χ3v) is 5.57. The molecule has 0 fully saturated rings. The summed E-state index contributed by atoms with van der Waals surface area (Å²) in [6.07, 6.45) is 5.37. The molecule has 1 aliphatic rings. The van der Waals surface area contributed by atoms with Gasteiger partial charge in [0.05, 0.1) is 0 Å². The van der Waals surface area contributed by atoms with Gasteiger partial charge in [-0.1, -0.05) is 25.1 Å². The highest BCUT2D eigenvalue weighted by atomic mass is 32.1. The highest BCUT2D eigenvalue weighted by Gasteiger charge is 2.20. The van der Waals surface area contributed by atoms with Crippen molar-refractivity contribution in [3.8, 4) is 0 Å². The fourth-order valence-electron chi connectivity index (χ4n) is 3.26. The number of furan rings is 1. The number of amides is 1. The van der Waals surface area contributed by atoms with E-state index < -0.39 is 0 Å². The van der Waals surface area contributed by atoms with E-state index >= 15 is 0 Å². The maximum Gasteiger partial charge on any atom is 0.246 e. The molecular weight excluding hydrogens is 318 g/mol. The summed E-state index contributed by atoms with van der Waals surface area (Å²) in [5.41, 5.74) is 3.19. The Morgan fingerprint density at radius 3 is 3.08 bits per heavy atom. The van der Waals surface area contributed by atoms with Crippen LogP contribution >= 0.6 is 11.3 Å². The van der Waals surface area contributed by atoms with Crippen molar-refractivity contribution < 1.29 is 9.21 Å². The molecule has 0 atom stereocenters. The number of fused-ring (bicyclic) bond motifs is 2. The Kier molecular flexibility index (Phi) is 3.98. The molecule has 3 heterocycles. The van der Waals surface area contributed by atoms with Crippen molar-refractivity contribution in [3.63, 3.8) is 0 Å². The zero-order valence-corrected chi connectivity index (χ0v) is 14.4. The van der Waals surface area contributed by atoms with E-state index in [0.717, 1.165) is 48.2 Å². The Bertz CT molecular complexity index is 919. The predicted molar refractivity (Wildman–Crippen MR) is 98.1 cm³/mol. The predicted octanol–water partition coefficient (Wildman–Crippen LogP) is 4.65. The van der Waals surface area contributed by atoms with Gasteiger partial charge in [-0.3, -0.25) is 4.79 Å². The van der Waals surface area contributed by atoms with Crippen molar-refractivity contribution in [2.24, 2.45) is 0 Å². The third kappa shape index (κ3) is 2.67. The van der Waals surface area contributed by atoms with Crippen LogP contribution in [0.2, 0.25) is 0 Å². The minimum atomic E-state index is 0.0687. The first-order valence-corrected chi connectivity index (χ1v) is 9.17. The van der Waals surface area contributed by atoms with Crippen molar-refractivity contribution in [3.05, 3.63) is 63.6 Å². The average molecular weight is 337 g/mol. The molecule has 0 spiro atoms. The van der Waals surface area contributed by atoms with E-state index in [1.807, 2.05) is 35.2 Å². The number of carbonyl (C=O) groups excluding carboxylic acids is 1.